The number of rotatable bonds is 5. The zero-order valence-electron chi connectivity index (χ0n) is 19.1. The summed E-state index contributed by atoms with van der Waals surface area (Å²) in [6.07, 6.45) is 0. The number of benzene rings is 3. The molecule has 0 saturated heterocycles. The summed E-state index contributed by atoms with van der Waals surface area (Å²) in [6, 6.07) is 23.7. The first kappa shape index (κ1) is 23.8. The molecule has 3 aromatic carbocycles. The van der Waals surface area contributed by atoms with Crippen molar-refractivity contribution in [1.29, 1.82) is 0 Å². The van der Waals surface area contributed by atoms with Crippen LogP contribution >= 0.6 is 11.6 Å². The molecule has 1 aliphatic rings. The van der Waals surface area contributed by atoms with Gasteiger partial charge in [0.05, 0.1) is 24.3 Å². The topological polar surface area (TPSA) is 74.6 Å². The van der Waals surface area contributed by atoms with Gasteiger partial charge < -0.3 is 9.64 Å². The summed E-state index contributed by atoms with van der Waals surface area (Å²) in [4.78, 5) is 1.69. The van der Waals surface area contributed by atoms with Gasteiger partial charge in [-0.15, -0.1) is 4.40 Å². The molecule has 3 aromatic rings. The lowest BCUT2D eigenvalue weighted by atomic mass is 9.91. The maximum Gasteiger partial charge on any atom is 0.285 e. The third-order valence-corrected chi connectivity index (χ3v) is 6.93. The Bertz CT molecular complexity index is 1320. The summed E-state index contributed by atoms with van der Waals surface area (Å²) < 4.78 is 35.6. The molecule has 1 atom stereocenters. The Balaban J connectivity index is 1.77. The maximum absolute atomic E-state index is 13.2. The minimum Gasteiger partial charge on any atom is -0.497 e. The number of hydrazone groups is 1. The van der Waals surface area contributed by atoms with Crippen LogP contribution < -0.4 is 4.74 Å². The average Bonchev–Trinajstić information content (AvgIpc) is 3.28. The predicted molar refractivity (Wildman–Crippen MR) is 135 cm³/mol. The molecule has 1 heterocycles. The number of nitrogens with zero attached hydrogens (tertiary/aromatic N) is 4. The SMILES string of the molecule is COc1cccc(S(=O)(=O)N=C(N(C)C)N2CC(c3ccccc3)C(c3ccc(Cl)cc3)=N2)c1. The van der Waals surface area contributed by atoms with Gasteiger partial charge in [-0.2, -0.15) is 13.5 Å². The van der Waals surface area contributed by atoms with Crippen molar-refractivity contribution < 1.29 is 13.2 Å². The van der Waals surface area contributed by atoms with E-state index in [4.69, 9.17) is 21.4 Å². The summed E-state index contributed by atoms with van der Waals surface area (Å²) in [5, 5.41) is 7.10. The molecule has 0 amide bonds. The van der Waals surface area contributed by atoms with Crippen LogP contribution in [-0.2, 0) is 10.0 Å². The number of hydrogen-bond donors (Lipinski definition) is 0. The van der Waals surface area contributed by atoms with E-state index >= 15 is 0 Å². The van der Waals surface area contributed by atoms with Crippen LogP contribution in [0.25, 0.3) is 0 Å². The highest BCUT2D eigenvalue weighted by Crippen LogP contribution is 2.30. The third-order valence-electron chi connectivity index (χ3n) is 5.43. The van der Waals surface area contributed by atoms with Gasteiger partial charge in [-0.1, -0.05) is 60.1 Å². The summed E-state index contributed by atoms with van der Waals surface area (Å²) in [7, 11) is 0.967. The minimum atomic E-state index is -4.01. The predicted octanol–water partition coefficient (Wildman–Crippen LogP) is 4.46. The normalized spacial score (nSPS) is 16.4. The molecule has 4 rings (SSSR count). The van der Waals surface area contributed by atoms with Crippen molar-refractivity contribution in [3.8, 4) is 5.75 Å². The van der Waals surface area contributed by atoms with Crippen molar-refractivity contribution in [3.05, 3.63) is 95.0 Å². The molecule has 0 aromatic heterocycles. The van der Waals surface area contributed by atoms with Gasteiger partial charge in [0.1, 0.15) is 5.75 Å². The molecule has 0 fully saturated rings. The van der Waals surface area contributed by atoms with Crippen LogP contribution in [0.15, 0.2) is 93.3 Å². The van der Waals surface area contributed by atoms with E-state index in [2.05, 4.69) is 4.40 Å². The Morgan fingerprint density at radius 1 is 1.06 bits per heavy atom. The fourth-order valence-electron chi connectivity index (χ4n) is 3.74. The Morgan fingerprint density at radius 2 is 1.76 bits per heavy atom. The van der Waals surface area contributed by atoms with Crippen LogP contribution in [0.2, 0.25) is 5.02 Å². The second-order valence-electron chi connectivity index (χ2n) is 7.98. The number of sulfonamides is 1. The monoisotopic (exact) mass is 496 g/mol. The number of methoxy groups -OCH3 is 1. The maximum atomic E-state index is 13.2. The molecule has 7 nitrogen and oxygen atoms in total. The molecule has 9 heteroatoms. The molecule has 0 bridgehead atoms. The van der Waals surface area contributed by atoms with Gasteiger partial charge in [0.25, 0.3) is 10.0 Å². The van der Waals surface area contributed by atoms with Crippen molar-refractivity contribution in [3.63, 3.8) is 0 Å². The summed E-state index contributed by atoms with van der Waals surface area (Å²) in [6.45, 7) is 0.437. The fourth-order valence-corrected chi connectivity index (χ4v) is 4.96. The van der Waals surface area contributed by atoms with Crippen LogP contribution in [0.1, 0.15) is 17.0 Å². The molecule has 0 radical (unpaired) electrons. The van der Waals surface area contributed by atoms with E-state index in [1.54, 1.807) is 36.1 Å². The number of halogens is 1. The fraction of sp³-hybridized carbons (Fsp3) is 0.200. The van der Waals surface area contributed by atoms with Gasteiger partial charge >= 0.3 is 0 Å². The van der Waals surface area contributed by atoms with Crippen LogP contribution in [0.5, 0.6) is 5.75 Å². The number of guanidine groups is 1. The Labute approximate surface area is 205 Å². The molecule has 1 unspecified atom stereocenters. The van der Waals surface area contributed by atoms with Crippen LogP contribution in [-0.4, -0.2) is 57.7 Å². The van der Waals surface area contributed by atoms with Gasteiger partial charge in [0, 0.05) is 31.1 Å². The van der Waals surface area contributed by atoms with Crippen molar-refractivity contribution in [2.45, 2.75) is 10.8 Å². The quantitative estimate of drug-likeness (QED) is 0.385. The molecule has 176 valence electrons. The zero-order chi connectivity index (χ0) is 24.3. The summed E-state index contributed by atoms with van der Waals surface area (Å²) >= 11 is 6.09. The minimum absolute atomic E-state index is 0.0481. The van der Waals surface area contributed by atoms with E-state index in [1.165, 1.54) is 19.2 Å². The van der Waals surface area contributed by atoms with Crippen molar-refractivity contribution >= 4 is 33.3 Å². The van der Waals surface area contributed by atoms with Gasteiger partial charge in [0.15, 0.2) is 0 Å². The molecule has 0 aliphatic carbocycles. The molecular weight excluding hydrogens is 472 g/mol. The van der Waals surface area contributed by atoms with E-state index in [0.29, 0.717) is 17.3 Å². The van der Waals surface area contributed by atoms with Crippen LogP contribution in [0.4, 0.5) is 0 Å². The summed E-state index contributed by atoms with van der Waals surface area (Å²) in [5.41, 5.74) is 2.80. The molecule has 1 aliphatic heterocycles. The number of hydrogen-bond acceptors (Lipinski definition) is 4. The van der Waals surface area contributed by atoms with Gasteiger partial charge in [-0.05, 0) is 35.4 Å². The van der Waals surface area contributed by atoms with Crippen molar-refractivity contribution in [1.82, 2.24) is 9.91 Å². The largest absolute Gasteiger partial charge is 0.497 e. The highest BCUT2D eigenvalue weighted by atomic mass is 35.5. The lowest BCUT2D eigenvalue weighted by molar-refractivity contribution is 0.404. The first-order valence-corrected chi connectivity index (χ1v) is 12.4. The Morgan fingerprint density at radius 3 is 2.41 bits per heavy atom. The van der Waals surface area contributed by atoms with E-state index in [1.807, 2.05) is 54.6 Å². The molecule has 0 spiro atoms. The summed E-state index contributed by atoms with van der Waals surface area (Å²) in [5.74, 6) is 0.579. The standard InChI is InChI=1S/C25H25ClN4O3S/c1-29(2)25(28-34(31,32)22-11-7-10-21(16-22)33-3)30-17-23(18-8-5-4-6-9-18)24(27-30)19-12-14-20(26)15-13-19/h4-16,23H,17H2,1-3H3. The molecule has 0 saturated carbocycles. The first-order valence-electron chi connectivity index (χ1n) is 10.6. The van der Waals surface area contributed by atoms with E-state index in [-0.39, 0.29) is 16.8 Å². The van der Waals surface area contributed by atoms with Crippen LogP contribution in [0, 0.1) is 0 Å². The second-order valence-corrected chi connectivity index (χ2v) is 10.0. The smallest absolute Gasteiger partial charge is 0.285 e. The lowest BCUT2D eigenvalue weighted by Crippen LogP contribution is -2.37. The highest BCUT2D eigenvalue weighted by molar-refractivity contribution is 7.90. The van der Waals surface area contributed by atoms with Gasteiger partial charge in [-0.3, -0.25) is 0 Å². The first-order chi connectivity index (χ1) is 16.3. The third kappa shape index (κ3) is 5.08. The number of ether oxygens (including phenoxy) is 1. The highest BCUT2D eigenvalue weighted by Gasteiger charge is 2.33. The van der Waals surface area contributed by atoms with Crippen molar-refractivity contribution in [2.75, 3.05) is 27.7 Å². The second kappa shape index (κ2) is 9.87. The van der Waals surface area contributed by atoms with Crippen LogP contribution in [0.3, 0.4) is 0 Å². The Kier molecular flexibility index (Phi) is 6.90. The van der Waals surface area contributed by atoms with Gasteiger partial charge in [-0.25, -0.2) is 5.01 Å². The molecular formula is C25H25ClN4O3S. The zero-order valence-corrected chi connectivity index (χ0v) is 20.7. The molecule has 34 heavy (non-hydrogen) atoms. The van der Waals surface area contributed by atoms with Crippen molar-refractivity contribution in [2.24, 2.45) is 9.50 Å². The van der Waals surface area contributed by atoms with Gasteiger partial charge in [0.2, 0.25) is 5.96 Å². The lowest BCUT2D eigenvalue weighted by Gasteiger charge is -2.23. The molecule has 0 N–H and O–H groups in total. The van der Waals surface area contributed by atoms with E-state index < -0.39 is 10.0 Å². The average molecular weight is 497 g/mol. The van der Waals surface area contributed by atoms with E-state index in [0.717, 1.165) is 16.8 Å². The van der Waals surface area contributed by atoms with E-state index in [9.17, 15) is 8.42 Å². The Hall–Kier alpha value is -3.36.